The van der Waals surface area contributed by atoms with Crippen molar-refractivity contribution in [3.05, 3.63) is 41.7 Å². The molecule has 0 aliphatic heterocycles. The van der Waals surface area contributed by atoms with Gasteiger partial charge in [-0.1, -0.05) is 76.8 Å². The van der Waals surface area contributed by atoms with Gasteiger partial charge in [0, 0.05) is 12.6 Å². The molecule has 3 heteroatoms. The van der Waals surface area contributed by atoms with E-state index < -0.39 is 0 Å². The Morgan fingerprint density at radius 2 is 1.46 bits per heavy atom. The highest BCUT2D eigenvalue weighted by Gasteiger charge is 1.96. The highest BCUT2D eigenvalue weighted by molar-refractivity contribution is 5.91. The third kappa shape index (κ3) is 11.0. The fraction of sp³-hybridized carbons (Fsp3) is 0.571. The van der Waals surface area contributed by atoms with Crippen LogP contribution in [0.3, 0.4) is 0 Å². The fourth-order valence-electron chi connectivity index (χ4n) is 2.63. The molecule has 0 saturated heterocycles. The number of hydrogen-bond acceptors (Lipinski definition) is 1. The van der Waals surface area contributed by atoms with E-state index in [-0.39, 0.29) is 11.7 Å². The quantitative estimate of drug-likeness (QED) is 0.355. The summed E-state index contributed by atoms with van der Waals surface area (Å²) >= 11 is 0. The van der Waals surface area contributed by atoms with Gasteiger partial charge in [0.1, 0.15) is 5.82 Å². The Labute approximate surface area is 146 Å². The zero-order valence-electron chi connectivity index (χ0n) is 15.0. The van der Waals surface area contributed by atoms with E-state index in [2.05, 4.69) is 12.2 Å². The van der Waals surface area contributed by atoms with Crippen LogP contribution in [0.1, 0.15) is 76.7 Å². The van der Waals surface area contributed by atoms with Crippen molar-refractivity contribution >= 4 is 12.0 Å². The van der Waals surface area contributed by atoms with Crippen LogP contribution in [0, 0.1) is 5.82 Å². The molecule has 0 bridgehead atoms. The van der Waals surface area contributed by atoms with Crippen LogP contribution in [0.25, 0.3) is 6.08 Å². The Morgan fingerprint density at radius 3 is 2.04 bits per heavy atom. The molecule has 0 radical (unpaired) electrons. The van der Waals surface area contributed by atoms with Crippen LogP contribution in [0.5, 0.6) is 0 Å². The second-order valence-corrected chi connectivity index (χ2v) is 6.36. The van der Waals surface area contributed by atoms with Gasteiger partial charge in [0.15, 0.2) is 0 Å². The van der Waals surface area contributed by atoms with Crippen molar-refractivity contribution in [1.82, 2.24) is 5.32 Å². The summed E-state index contributed by atoms with van der Waals surface area (Å²) in [4.78, 5) is 11.7. The molecule has 0 aromatic heterocycles. The monoisotopic (exact) mass is 333 g/mol. The van der Waals surface area contributed by atoms with Gasteiger partial charge in [-0.05, 0) is 30.2 Å². The summed E-state index contributed by atoms with van der Waals surface area (Å²) in [5.74, 6) is -0.354. The van der Waals surface area contributed by atoms with Crippen LogP contribution in [-0.4, -0.2) is 12.5 Å². The zero-order valence-corrected chi connectivity index (χ0v) is 15.0. The van der Waals surface area contributed by atoms with E-state index in [1.807, 2.05) is 0 Å². The highest BCUT2D eigenvalue weighted by atomic mass is 19.1. The summed E-state index contributed by atoms with van der Waals surface area (Å²) < 4.78 is 12.8. The van der Waals surface area contributed by atoms with Crippen LogP contribution in [0.2, 0.25) is 0 Å². The number of nitrogens with one attached hydrogen (secondary N) is 1. The number of benzene rings is 1. The number of hydrogen-bond donors (Lipinski definition) is 1. The molecule has 1 N–H and O–H groups in total. The summed E-state index contributed by atoms with van der Waals surface area (Å²) in [7, 11) is 0. The molecule has 0 spiro atoms. The number of halogens is 1. The Hall–Kier alpha value is -1.64. The van der Waals surface area contributed by atoms with E-state index >= 15 is 0 Å². The van der Waals surface area contributed by atoms with E-state index in [1.54, 1.807) is 18.2 Å². The van der Waals surface area contributed by atoms with Crippen LogP contribution in [0.4, 0.5) is 4.39 Å². The molecule has 0 unspecified atom stereocenters. The van der Waals surface area contributed by atoms with Crippen LogP contribution in [0.15, 0.2) is 30.3 Å². The van der Waals surface area contributed by atoms with Crippen LogP contribution in [-0.2, 0) is 4.79 Å². The SMILES string of the molecule is CCCCCCCCCCCCNC(=O)C=Cc1ccc(F)cc1. The molecule has 1 aromatic rings. The van der Waals surface area contributed by atoms with E-state index in [0.717, 1.165) is 18.5 Å². The predicted molar refractivity (Wildman–Crippen MR) is 100 cm³/mol. The average molecular weight is 333 g/mol. The molecule has 2 nitrogen and oxygen atoms in total. The first-order valence-electron chi connectivity index (χ1n) is 9.44. The van der Waals surface area contributed by atoms with Crippen molar-refractivity contribution in [2.24, 2.45) is 0 Å². The molecule has 0 aliphatic rings. The van der Waals surface area contributed by atoms with Gasteiger partial charge in [-0.15, -0.1) is 0 Å². The molecule has 1 aromatic carbocycles. The second kappa shape index (κ2) is 13.8. The second-order valence-electron chi connectivity index (χ2n) is 6.36. The molecule has 1 rings (SSSR count). The van der Waals surface area contributed by atoms with Crippen LogP contribution < -0.4 is 5.32 Å². The van der Waals surface area contributed by atoms with Crippen molar-refractivity contribution in [3.8, 4) is 0 Å². The maximum absolute atomic E-state index is 12.8. The Morgan fingerprint density at radius 1 is 0.917 bits per heavy atom. The number of rotatable bonds is 13. The number of unbranched alkanes of at least 4 members (excludes halogenated alkanes) is 9. The number of amides is 1. The van der Waals surface area contributed by atoms with Crippen molar-refractivity contribution in [2.45, 2.75) is 71.1 Å². The van der Waals surface area contributed by atoms with E-state index in [0.29, 0.717) is 0 Å². The average Bonchev–Trinajstić information content (AvgIpc) is 2.59. The minimum Gasteiger partial charge on any atom is -0.353 e. The summed E-state index contributed by atoms with van der Waals surface area (Å²) in [5, 5.41) is 2.89. The van der Waals surface area contributed by atoms with E-state index in [1.165, 1.54) is 76.0 Å². The highest BCUT2D eigenvalue weighted by Crippen LogP contribution is 2.10. The smallest absolute Gasteiger partial charge is 0.243 e. The summed E-state index contributed by atoms with van der Waals surface area (Å²) in [6.07, 6.45) is 16.1. The Kier molecular flexibility index (Phi) is 11.7. The van der Waals surface area contributed by atoms with E-state index in [9.17, 15) is 9.18 Å². The molecule has 0 saturated carbocycles. The molecule has 134 valence electrons. The lowest BCUT2D eigenvalue weighted by Gasteiger charge is -2.03. The molecule has 0 aliphatic carbocycles. The van der Waals surface area contributed by atoms with Gasteiger partial charge in [-0.3, -0.25) is 4.79 Å². The Balaban J connectivity index is 1.95. The van der Waals surface area contributed by atoms with Gasteiger partial charge >= 0.3 is 0 Å². The first-order chi connectivity index (χ1) is 11.7. The maximum atomic E-state index is 12.8. The van der Waals surface area contributed by atoms with Gasteiger partial charge < -0.3 is 5.32 Å². The normalized spacial score (nSPS) is 11.1. The van der Waals surface area contributed by atoms with Crippen molar-refractivity contribution in [1.29, 1.82) is 0 Å². The fourth-order valence-corrected chi connectivity index (χ4v) is 2.63. The van der Waals surface area contributed by atoms with Gasteiger partial charge in [0.05, 0.1) is 0 Å². The molecule has 1 amide bonds. The topological polar surface area (TPSA) is 29.1 Å². The first-order valence-corrected chi connectivity index (χ1v) is 9.44. The van der Waals surface area contributed by atoms with Gasteiger partial charge in [0.2, 0.25) is 5.91 Å². The standard InChI is InChI=1S/C21H32FNO/c1-2-3-4-5-6-7-8-9-10-11-18-23-21(24)17-14-19-12-15-20(22)16-13-19/h12-17H,2-11,18H2,1H3,(H,23,24). The predicted octanol–water partition coefficient (Wildman–Crippen LogP) is 5.88. The first kappa shape index (κ1) is 20.4. The van der Waals surface area contributed by atoms with Crippen molar-refractivity contribution < 1.29 is 9.18 Å². The third-order valence-electron chi connectivity index (χ3n) is 4.13. The Bertz CT molecular complexity index is 467. The largest absolute Gasteiger partial charge is 0.353 e. The lowest BCUT2D eigenvalue weighted by molar-refractivity contribution is -0.116. The molecule has 0 heterocycles. The molecular formula is C21H32FNO. The summed E-state index contributed by atoms with van der Waals surface area (Å²) in [5.41, 5.74) is 0.825. The third-order valence-corrected chi connectivity index (χ3v) is 4.13. The van der Waals surface area contributed by atoms with Gasteiger partial charge in [-0.25, -0.2) is 4.39 Å². The van der Waals surface area contributed by atoms with Crippen molar-refractivity contribution in [2.75, 3.05) is 6.54 Å². The van der Waals surface area contributed by atoms with Gasteiger partial charge in [-0.2, -0.15) is 0 Å². The molecule has 24 heavy (non-hydrogen) atoms. The lowest BCUT2D eigenvalue weighted by atomic mass is 10.1. The minimum atomic E-state index is -0.266. The van der Waals surface area contributed by atoms with Crippen LogP contribution >= 0.6 is 0 Å². The molecule has 0 atom stereocenters. The summed E-state index contributed by atoms with van der Waals surface area (Å²) in [6, 6.07) is 6.09. The van der Waals surface area contributed by atoms with Crippen molar-refractivity contribution in [3.63, 3.8) is 0 Å². The van der Waals surface area contributed by atoms with E-state index in [4.69, 9.17) is 0 Å². The zero-order chi connectivity index (χ0) is 17.5. The number of carbonyl (C=O) groups excluding carboxylic acids is 1. The maximum Gasteiger partial charge on any atom is 0.243 e. The minimum absolute atomic E-state index is 0.0877. The molecular weight excluding hydrogens is 301 g/mol. The van der Waals surface area contributed by atoms with Gasteiger partial charge in [0.25, 0.3) is 0 Å². The number of carbonyl (C=O) groups is 1. The molecule has 0 fully saturated rings. The summed E-state index contributed by atoms with van der Waals surface area (Å²) in [6.45, 7) is 2.97. The lowest BCUT2D eigenvalue weighted by Crippen LogP contribution is -2.21.